The van der Waals surface area contributed by atoms with Crippen LogP contribution in [0.15, 0.2) is 36.7 Å². The zero-order chi connectivity index (χ0) is 15.0. The molecule has 0 fully saturated rings. The van der Waals surface area contributed by atoms with Gasteiger partial charge in [0.05, 0.1) is 15.1 Å². The smallest absolute Gasteiger partial charge is 0.258 e. The topological polar surface area (TPSA) is 79.8 Å². The molecule has 102 valence electrons. The van der Waals surface area contributed by atoms with Crippen LogP contribution in [-0.4, -0.2) is 10.9 Å². The predicted molar refractivity (Wildman–Crippen MR) is 78.2 cm³/mol. The van der Waals surface area contributed by atoms with Gasteiger partial charge < -0.3 is 5.73 Å². The average molecular weight is 297 g/mol. The Morgan fingerprint density at radius 1 is 1.33 bits per heavy atom. The van der Waals surface area contributed by atoms with Crippen LogP contribution in [-0.2, 0) is 0 Å². The van der Waals surface area contributed by atoms with Crippen LogP contribution in [0.2, 0.25) is 0 Å². The van der Waals surface area contributed by atoms with E-state index in [4.69, 9.17) is 11.0 Å². The highest BCUT2D eigenvalue weighted by molar-refractivity contribution is 7.20. The number of aromatic nitrogens is 1. The van der Waals surface area contributed by atoms with Crippen molar-refractivity contribution in [1.82, 2.24) is 4.98 Å². The molecule has 0 bridgehead atoms. The summed E-state index contributed by atoms with van der Waals surface area (Å²) in [5.41, 5.74) is 6.56. The first-order valence-electron chi connectivity index (χ1n) is 5.97. The van der Waals surface area contributed by atoms with Gasteiger partial charge in [-0.05, 0) is 23.8 Å². The van der Waals surface area contributed by atoms with E-state index < -0.39 is 11.7 Å². The monoisotopic (exact) mass is 297 g/mol. The number of nitriles is 1. The third-order valence-corrected chi connectivity index (χ3v) is 4.17. The number of thiophene rings is 1. The Labute approximate surface area is 123 Å². The number of pyridine rings is 1. The van der Waals surface area contributed by atoms with E-state index in [1.54, 1.807) is 30.6 Å². The lowest BCUT2D eigenvalue weighted by Crippen LogP contribution is -2.08. The molecule has 2 aromatic heterocycles. The second kappa shape index (κ2) is 4.96. The summed E-state index contributed by atoms with van der Waals surface area (Å²) >= 11 is 1.24. The lowest BCUT2D eigenvalue weighted by Gasteiger charge is -2.04. The van der Waals surface area contributed by atoms with Gasteiger partial charge in [-0.2, -0.15) is 5.26 Å². The molecule has 0 aliphatic carbocycles. The molecule has 4 nitrogen and oxygen atoms in total. The molecule has 1 amide bonds. The van der Waals surface area contributed by atoms with Crippen LogP contribution in [0.25, 0.3) is 21.2 Å². The fourth-order valence-corrected chi connectivity index (χ4v) is 2.99. The number of primary amides is 1. The molecule has 0 radical (unpaired) electrons. The zero-order valence-corrected chi connectivity index (χ0v) is 11.4. The van der Waals surface area contributed by atoms with Gasteiger partial charge in [-0.15, -0.1) is 11.3 Å². The van der Waals surface area contributed by atoms with E-state index in [1.807, 2.05) is 0 Å². The van der Waals surface area contributed by atoms with Crippen LogP contribution in [0, 0.1) is 17.1 Å². The quantitative estimate of drug-likeness (QED) is 0.789. The number of fused-ring (bicyclic) bond motifs is 1. The molecule has 3 aromatic rings. The summed E-state index contributed by atoms with van der Waals surface area (Å²) in [7, 11) is 0. The van der Waals surface area contributed by atoms with Crippen LogP contribution < -0.4 is 5.73 Å². The summed E-state index contributed by atoms with van der Waals surface area (Å²) in [4.78, 5) is 15.8. The molecule has 0 aliphatic rings. The van der Waals surface area contributed by atoms with E-state index in [9.17, 15) is 9.18 Å². The van der Waals surface area contributed by atoms with Crippen LogP contribution in [0.5, 0.6) is 0 Å². The Kier molecular flexibility index (Phi) is 3.12. The molecule has 0 unspecified atom stereocenters. The van der Waals surface area contributed by atoms with Crippen LogP contribution in [0.1, 0.15) is 15.2 Å². The molecule has 0 saturated heterocycles. The average Bonchev–Trinajstić information content (AvgIpc) is 2.91. The summed E-state index contributed by atoms with van der Waals surface area (Å²) < 4.78 is 14.6. The number of halogens is 1. The lowest BCUT2D eigenvalue weighted by molar-refractivity contribution is 0.100. The Hall–Kier alpha value is -2.78. The maximum atomic E-state index is 13.8. The standard InChI is InChI=1S/C15H8FN3OS/c16-12-3-8(1-2-9(12)5-17)11-6-19-7-14-10(11)4-13(21-14)15(18)20/h1-4,6-7H,(H2,18,20). The van der Waals surface area contributed by atoms with E-state index in [-0.39, 0.29) is 5.56 Å². The van der Waals surface area contributed by atoms with Gasteiger partial charge in [0.1, 0.15) is 11.9 Å². The molecule has 2 N–H and O–H groups in total. The van der Waals surface area contributed by atoms with Crippen molar-refractivity contribution in [3.63, 3.8) is 0 Å². The van der Waals surface area contributed by atoms with E-state index in [1.165, 1.54) is 23.5 Å². The van der Waals surface area contributed by atoms with Gasteiger partial charge in [0.15, 0.2) is 0 Å². The Bertz CT molecular complexity index is 911. The van der Waals surface area contributed by atoms with Crippen molar-refractivity contribution in [2.45, 2.75) is 0 Å². The van der Waals surface area contributed by atoms with E-state index >= 15 is 0 Å². The minimum atomic E-state index is -0.586. The predicted octanol–water partition coefficient (Wildman–Crippen LogP) is 3.07. The first kappa shape index (κ1) is 13.2. The highest BCUT2D eigenvalue weighted by atomic mass is 32.1. The number of benzene rings is 1. The normalized spacial score (nSPS) is 10.5. The van der Waals surface area contributed by atoms with Gasteiger partial charge in [0.25, 0.3) is 5.91 Å². The van der Waals surface area contributed by atoms with Gasteiger partial charge in [-0.25, -0.2) is 4.39 Å². The largest absolute Gasteiger partial charge is 0.365 e. The molecule has 0 aliphatic heterocycles. The van der Waals surface area contributed by atoms with Crippen LogP contribution in [0.3, 0.4) is 0 Å². The number of nitrogens with zero attached hydrogens (tertiary/aromatic N) is 2. The minimum absolute atomic E-state index is 0.0120. The number of nitrogens with two attached hydrogens (primary N) is 1. The first-order valence-corrected chi connectivity index (χ1v) is 6.79. The number of carbonyl (C=O) groups excluding carboxylic acids is 1. The van der Waals surface area contributed by atoms with E-state index in [0.29, 0.717) is 16.0 Å². The van der Waals surface area contributed by atoms with Crippen molar-refractivity contribution < 1.29 is 9.18 Å². The Morgan fingerprint density at radius 3 is 2.81 bits per heavy atom. The lowest BCUT2D eigenvalue weighted by atomic mass is 10.0. The van der Waals surface area contributed by atoms with Crippen molar-refractivity contribution in [3.05, 3.63) is 52.9 Å². The summed E-state index contributed by atoms with van der Waals surface area (Å²) in [6.07, 6.45) is 3.23. The van der Waals surface area contributed by atoms with Crippen LogP contribution >= 0.6 is 11.3 Å². The van der Waals surface area contributed by atoms with Crippen molar-refractivity contribution in [2.24, 2.45) is 5.73 Å². The summed E-state index contributed by atoms with van der Waals surface area (Å²) in [6.45, 7) is 0. The third kappa shape index (κ3) is 2.24. The number of rotatable bonds is 2. The maximum absolute atomic E-state index is 13.8. The second-order valence-electron chi connectivity index (χ2n) is 4.38. The third-order valence-electron chi connectivity index (χ3n) is 3.09. The van der Waals surface area contributed by atoms with Crippen molar-refractivity contribution in [3.8, 4) is 17.2 Å². The molecule has 6 heteroatoms. The van der Waals surface area contributed by atoms with Crippen molar-refractivity contribution in [1.29, 1.82) is 5.26 Å². The molecule has 0 atom stereocenters. The number of carbonyl (C=O) groups is 1. The molecule has 0 saturated carbocycles. The van der Waals surface area contributed by atoms with Crippen molar-refractivity contribution >= 4 is 27.3 Å². The first-order chi connectivity index (χ1) is 10.1. The van der Waals surface area contributed by atoms with Gasteiger partial charge in [0.2, 0.25) is 0 Å². The summed E-state index contributed by atoms with van der Waals surface area (Å²) in [5, 5.41) is 9.55. The zero-order valence-electron chi connectivity index (χ0n) is 10.6. The molecule has 0 spiro atoms. The fraction of sp³-hybridized carbons (Fsp3) is 0. The molecular weight excluding hydrogens is 289 g/mol. The van der Waals surface area contributed by atoms with E-state index in [2.05, 4.69) is 4.98 Å². The molecule has 21 heavy (non-hydrogen) atoms. The SMILES string of the molecule is N#Cc1ccc(-c2cncc3sc(C(N)=O)cc23)cc1F. The summed E-state index contributed by atoms with van der Waals surface area (Å²) in [5.74, 6) is -1.09. The van der Waals surface area contributed by atoms with Gasteiger partial charge in [-0.3, -0.25) is 9.78 Å². The van der Waals surface area contributed by atoms with Crippen molar-refractivity contribution in [2.75, 3.05) is 0 Å². The highest BCUT2D eigenvalue weighted by Crippen LogP contribution is 2.33. The van der Waals surface area contributed by atoms with E-state index in [0.717, 1.165) is 10.1 Å². The number of hydrogen-bond acceptors (Lipinski definition) is 4. The van der Waals surface area contributed by atoms with Gasteiger partial charge in [0, 0.05) is 23.3 Å². The Morgan fingerprint density at radius 2 is 2.14 bits per heavy atom. The highest BCUT2D eigenvalue weighted by Gasteiger charge is 2.12. The second-order valence-corrected chi connectivity index (χ2v) is 5.46. The molecular formula is C15H8FN3OS. The maximum Gasteiger partial charge on any atom is 0.258 e. The van der Waals surface area contributed by atoms with Gasteiger partial charge in [-0.1, -0.05) is 6.07 Å². The minimum Gasteiger partial charge on any atom is -0.365 e. The summed E-state index contributed by atoms with van der Waals surface area (Å²) in [6, 6.07) is 7.82. The van der Waals surface area contributed by atoms with Gasteiger partial charge >= 0.3 is 0 Å². The van der Waals surface area contributed by atoms with Crippen LogP contribution in [0.4, 0.5) is 4.39 Å². The fourth-order valence-electron chi connectivity index (χ4n) is 2.09. The Balaban J connectivity index is 2.23. The number of amides is 1. The molecule has 3 rings (SSSR count). The molecule has 2 heterocycles. The molecule has 1 aromatic carbocycles. The number of hydrogen-bond donors (Lipinski definition) is 1.